The topological polar surface area (TPSA) is 80.0 Å². The molecule has 1 heterocycles. The van der Waals surface area contributed by atoms with Crippen LogP contribution in [0, 0.1) is 5.92 Å². The molecule has 1 atom stereocenters. The Labute approximate surface area is 192 Å². The lowest BCUT2D eigenvalue weighted by molar-refractivity contribution is -0.119. The summed E-state index contributed by atoms with van der Waals surface area (Å²) >= 11 is 0. The van der Waals surface area contributed by atoms with E-state index in [0.717, 1.165) is 49.6 Å². The van der Waals surface area contributed by atoms with E-state index in [4.69, 9.17) is 15.5 Å². The smallest absolute Gasteiger partial charge is 0.217 e. The van der Waals surface area contributed by atoms with E-state index in [0.29, 0.717) is 25.5 Å². The van der Waals surface area contributed by atoms with E-state index in [1.165, 1.54) is 0 Å². The number of amides is 1. The number of carbonyl (C=O) groups excluding carboxylic acids is 1. The van der Waals surface area contributed by atoms with Crippen molar-refractivity contribution in [3.63, 3.8) is 0 Å². The fourth-order valence-corrected chi connectivity index (χ4v) is 3.42. The molecule has 0 bridgehead atoms. The number of piperidine rings is 1. The first-order chi connectivity index (χ1) is 13.3. The van der Waals surface area contributed by atoms with E-state index < -0.39 is 0 Å². The van der Waals surface area contributed by atoms with E-state index in [2.05, 4.69) is 62.2 Å². The van der Waals surface area contributed by atoms with Crippen molar-refractivity contribution in [2.75, 3.05) is 19.6 Å². The number of hydrogen-bond acceptors (Lipinski definition) is 3. The lowest BCUT2D eigenvalue weighted by atomic mass is 9.95. The predicted molar refractivity (Wildman–Crippen MR) is 129 cm³/mol. The molecule has 164 valence electrons. The van der Waals surface area contributed by atoms with E-state index >= 15 is 0 Å². The fourth-order valence-electron chi connectivity index (χ4n) is 3.42. The molecular formula is C22H37IN4O2. The van der Waals surface area contributed by atoms with Crippen molar-refractivity contribution >= 4 is 35.8 Å². The highest BCUT2D eigenvalue weighted by molar-refractivity contribution is 14.0. The lowest BCUT2D eigenvalue weighted by Crippen LogP contribution is -2.47. The molecule has 0 saturated carbocycles. The number of aliphatic imine (C=N–C) groups is 1. The van der Waals surface area contributed by atoms with Crippen LogP contribution in [-0.2, 0) is 22.7 Å². The maximum absolute atomic E-state index is 11.3. The van der Waals surface area contributed by atoms with Gasteiger partial charge in [0.15, 0.2) is 5.96 Å². The number of rotatable bonds is 7. The monoisotopic (exact) mass is 516 g/mol. The molecule has 1 aromatic carbocycles. The van der Waals surface area contributed by atoms with Crippen LogP contribution in [0.5, 0.6) is 0 Å². The Bertz CT molecular complexity index is 673. The molecule has 1 fully saturated rings. The highest BCUT2D eigenvalue weighted by atomic mass is 127. The quantitative estimate of drug-likeness (QED) is 0.329. The summed E-state index contributed by atoms with van der Waals surface area (Å²) in [5, 5.41) is 3.39. The van der Waals surface area contributed by atoms with Gasteiger partial charge in [-0.3, -0.25) is 4.79 Å². The van der Waals surface area contributed by atoms with Crippen LogP contribution in [0.1, 0.15) is 58.1 Å². The number of nitrogens with one attached hydrogen (secondary N) is 1. The van der Waals surface area contributed by atoms with Crippen molar-refractivity contribution in [1.82, 2.24) is 10.2 Å². The number of benzene rings is 1. The molecule has 1 aromatic rings. The molecular weight excluding hydrogens is 479 g/mol. The van der Waals surface area contributed by atoms with Gasteiger partial charge in [0.2, 0.25) is 5.91 Å². The van der Waals surface area contributed by atoms with Gasteiger partial charge < -0.3 is 20.7 Å². The molecule has 6 nitrogen and oxygen atoms in total. The highest BCUT2D eigenvalue weighted by Crippen LogP contribution is 2.20. The molecule has 0 aromatic heterocycles. The van der Waals surface area contributed by atoms with Gasteiger partial charge in [-0.25, -0.2) is 4.99 Å². The first-order valence-electron chi connectivity index (χ1n) is 10.3. The summed E-state index contributed by atoms with van der Waals surface area (Å²) < 4.78 is 5.88. The van der Waals surface area contributed by atoms with Crippen LogP contribution in [0.2, 0.25) is 0 Å². The number of halogens is 1. The summed E-state index contributed by atoms with van der Waals surface area (Å²) in [6.07, 6.45) is 2.56. The van der Waals surface area contributed by atoms with E-state index in [1.807, 2.05) is 0 Å². The second-order valence-corrected chi connectivity index (χ2v) is 8.52. The molecule has 1 aliphatic heterocycles. The standard InChI is InChI=1S/C22H36N4O2.HI/c1-5-24-21(26-11-7-10-18(15-26)13-20(23)27)25-14-17-8-6-9-19(12-17)16-28-22(2,3)4;/h6,8-9,12,18H,5,7,10-11,13-16H2,1-4H3,(H2,23,27)(H,24,25);1H. The summed E-state index contributed by atoms with van der Waals surface area (Å²) in [4.78, 5) is 18.4. The average molecular weight is 516 g/mol. The summed E-state index contributed by atoms with van der Waals surface area (Å²) in [6.45, 7) is 12.1. The van der Waals surface area contributed by atoms with Crippen LogP contribution < -0.4 is 11.1 Å². The number of carbonyl (C=O) groups is 1. The molecule has 0 spiro atoms. The number of hydrogen-bond donors (Lipinski definition) is 2. The molecule has 3 N–H and O–H groups in total. The number of guanidine groups is 1. The van der Waals surface area contributed by atoms with Crippen molar-refractivity contribution < 1.29 is 9.53 Å². The second-order valence-electron chi connectivity index (χ2n) is 8.52. The third-order valence-electron chi connectivity index (χ3n) is 4.72. The molecule has 1 saturated heterocycles. The van der Waals surface area contributed by atoms with Gasteiger partial charge in [0.1, 0.15) is 0 Å². The van der Waals surface area contributed by atoms with Gasteiger partial charge in [-0.2, -0.15) is 0 Å². The predicted octanol–water partition coefficient (Wildman–Crippen LogP) is 3.67. The number of primary amides is 1. The van der Waals surface area contributed by atoms with Crippen LogP contribution in [0.3, 0.4) is 0 Å². The van der Waals surface area contributed by atoms with Crippen molar-refractivity contribution in [2.45, 2.75) is 65.7 Å². The second kappa shape index (κ2) is 12.4. The lowest BCUT2D eigenvalue weighted by Gasteiger charge is -2.34. The number of nitrogens with zero attached hydrogens (tertiary/aromatic N) is 2. The van der Waals surface area contributed by atoms with Crippen LogP contribution >= 0.6 is 24.0 Å². The van der Waals surface area contributed by atoms with Gasteiger partial charge in [0, 0.05) is 26.1 Å². The zero-order chi connectivity index (χ0) is 20.6. The Kier molecular flexibility index (Phi) is 11.0. The number of nitrogens with two attached hydrogens (primary N) is 1. The minimum Gasteiger partial charge on any atom is -0.371 e. The Balaban J connectivity index is 0.00000420. The maximum Gasteiger partial charge on any atom is 0.217 e. The molecule has 0 aliphatic carbocycles. The third-order valence-corrected chi connectivity index (χ3v) is 4.72. The van der Waals surface area contributed by atoms with E-state index in [-0.39, 0.29) is 35.5 Å². The first-order valence-corrected chi connectivity index (χ1v) is 10.3. The molecule has 1 amide bonds. The molecule has 0 radical (unpaired) electrons. The van der Waals surface area contributed by atoms with Crippen LogP contribution in [0.15, 0.2) is 29.3 Å². The number of ether oxygens (including phenoxy) is 1. The SMILES string of the molecule is CCNC(=NCc1cccc(COC(C)(C)C)c1)N1CCCC(CC(N)=O)C1.I. The Morgan fingerprint density at radius 3 is 2.72 bits per heavy atom. The van der Waals surface area contributed by atoms with E-state index in [1.54, 1.807) is 0 Å². The Hall–Kier alpha value is -1.35. The van der Waals surface area contributed by atoms with Gasteiger partial charge in [-0.05, 0) is 57.6 Å². The summed E-state index contributed by atoms with van der Waals surface area (Å²) in [5.41, 5.74) is 7.56. The normalized spacial score (nSPS) is 17.6. The van der Waals surface area contributed by atoms with Gasteiger partial charge in [-0.15, -0.1) is 24.0 Å². The van der Waals surface area contributed by atoms with Crippen LogP contribution in [0.25, 0.3) is 0 Å². The summed E-state index contributed by atoms with van der Waals surface area (Å²) in [7, 11) is 0. The first kappa shape index (κ1) is 25.7. The van der Waals surface area contributed by atoms with Gasteiger partial charge in [0.05, 0.1) is 18.8 Å². The fraction of sp³-hybridized carbons (Fsp3) is 0.636. The molecule has 2 rings (SSSR count). The third kappa shape index (κ3) is 9.80. The Morgan fingerprint density at radius 1 is 1.34 bits per heavy atom. The Morgan fingerprint density at radius 2 is 2.07 bits per heavy atom. The summed E-state index contributed by atoms with van der Waals surface area (Å²) in [5.74, 6) is 1.00. The van der Waals surface area contributed by atoms with Crippen molar-refractivity contribution in [2.24, 2.45) is 16.6 Å². The molecule has 1 unspecified atom stereocenters. The van der Waals surface area contributed by atoms with Gasteiger partial charge in [0.25, 0.3) is 0 Å². The minimum absolute atomic E-state index is 0. The molecule has 7 heteroatoms. The maximum atomic E-state index is 11.3. The molecule has 1 aliphatic rings. The number of likely N-dealkylation sites (tertiary alicyclic amines) is 1. The zero-order valence-electron chi connectivity index (χ0n) is 18.2. The largest absolute Gasteiger partial charge is 0.371 e. The van der Waals surface area contributed by atoms with Gasteiger partial charge in [-0.1, -0.05) is 24.3 Å². The van der Waals surface area contributed by atoms with Crippen molar-refractivity contribution in [3.05, 3.63) is 35.4 Å². The van der Waals surface area contributed by atoms with Crippen molar-refractivity contribution in [1.29, 1.82) is 0 Å². The minimum atomic E-state index is -0.219. The van der Waals surface area contributed by atoms with Crippen molar-refractivity contribution in [3.8, 4) is 0 Å². The highest BCUT2D eigenvalue weighted by Gasteiger charge is 2.23. The van der Waals surface area contributed by atoms with Crippen LogP contribution in [0.4, 0.5) is 0 Å². The van der Waals surface area contributed by atoms with E-state index in [9.17, 15) is 4.79 Å². The van der Waals surface area contributed by atoms with Crippen LogP contribution in [-0.4, -0.2) is 42.0 Å². The zero-order valence-corrected chi connectivity index (χ0v) is 20.6. The summed E-state index contributed by atoms with van der Waals surface area (Å²) in [6, 6.07) is 8.40. The van der Waals surface area contributed by atoms with Gasteiger partial charge >= 0.3 is 0 Å². The molecule has 29 heavy (non-hydrogen) atoms. The average Bonchev–Trinajstić information content (AvgIpc) is 2.63.